The Balaban J connectivity index is 1.63. The van der Waals surface area contributed by atoms with Gasteiger partial charge in [-0.1, -0.05) is 6.07 Å². The van der Waals surface area contributed by atoms with Gasteiger partial charge in [0.05, 0.1) is 5.69 Å². The quantitative estimate of drug-likeness (QED) is 0.923. The van der Waals surface area contributed by atoms with Gasteiger partial charge in [0.1, 0.15) is 17.3 Å². The molecule has 0 bridgehead atoms. The SMILES string of the molecule is Cc1cc(C(=O)NC2CCCN(Cc3c(F)cccc3F)C2)n(C)n1. The van der Waals surface area contributed by atoms with E-state index in [2.05, 4.69) is 10.4 Å². The maximum atomic E-state index is 13.8. The number of rotatable bonds is 4. The lowest BCUT2D eigenvalue weighted by atomic mass is 10.0. The smallest absolute Gasteiger partial charge is 0.269 e. The van der Waals surface area contributed by atoms with E-state index in [0.717, 1.165) is 25.1 Å². The molecule has 1 aliphatic heterocycles. The zero-order valence-electron chi connectivity index (χ0n) is 14.4. The molecule has 1 aromatic heterocycles. The van der Waals surface area contributed by atoms with E-state index in [0.29, 0.717) is 12.2 Å². The van der Waals surface area contributed by atoms with Crippen LogP contribution in [0.25, 0.3) is 0 Å². The minimum absolute atomic E-state index is 0.0497. The molecule has 1 aromatic carbocycles. The summed E-state index contributed by atoms with van der Waals surface area (Å²) in [5.74, 6) is -1.24. The second-order valence-electron chi connectivity index (χ2n) is 6.54. The molecule has 1 fully saturated rings. The molecule has 7 heteroatoms. The van der Waals surface area contributed by atoms with Gasteiger partial charge >= 0.3 is 0 Å². The number of hydrogen-bond acceptors (Lipinski definition) is 3. The fourth-order valence-electron chi connectivity index (χ4n) is 3.31. The first-order chi connectivity index (χ1) is 11.9. The molecule has 0 spiro atoms. The van der Waals surface area contributed by atoms with E-state index in [1.54, 1.807) is 17.8 Å². The van der Waals surface area contributed by atoms with E-state index < -0.39 is 11.6 Å². The molecule has 0 saturated carbocycles. The summed E-state index contributed by atoms with van der Waals surface area (Å²) < 4.78 is 29.2. The van der Waals surface area contributed by atoms with Crippen molar-refractivity contribution in [3.8, 4) is 0 Å². The Bertz CT molecular complexity index is 754. The number of aromatic nitrogens is 2. The number of nitrogens with zero attached hydrogens (tertiary/aromatic N) is 3. The first-order valence-corrected chi connectivity index (χ1v) is 8.41. The lowest BCUT2D eigenvalue weighted by molar-refractivity contribution is 0.0890. The van der Waals surface area contributed by atoms with E-state index >= 15 is 0 Å². The third kappa shape index (κ3) is 4.04. The van der Waals surface area contributed by atoms with Crippen molar-refractivity contribution in [1.29, 1.82) is 0 Å². The Labute approximate surface area is 145 Å². The van der Waals surface area contributed by atoms with Crippen LogP contribution in [0, 0.1) is 18.6 Å². The van der Waals surface area contributed by atoms with E-state index in [1.165, 1.54) is 18.2 Å². The standard InChI is InChI=1S/C18H22F2N4O/c1-12-9-17(23(2)22-12)18(25)21-13-5-4-8-24(10-13)11-14-15(19)6-3-7-16(14)20/h3,6-7,9,13H,4-5,8,10-11H2,1-2H3,(H,21,25). The molecule has 3 rings (SSSR count). The normalized spacial score (nSPS) is 18.3. The zero-order valence-corrected chi connectivity index (χ0v) is 14.4. The third-order valence-electron chi connectivity index (χ3n) is 4.52. The highest BCUT2D eigenvalue weighted by molar-refractivity contribution is 5.92. The fourth-order valence-corrected chi connectivity index (χ4v) is 3.31. The molecule has 0 radical (unpaired) electrons. The Morgan fingerprint density at radius 1 is 1.36 bits per heavy atom. The van der Waals surface area contributed by atoms with Gasteiger partial charge in [0.15, 0.2) is 0 Å². The largest absolute Gasteiger partial charge is 0.347 e. The van der Waals surface area contributed by atoms with Gasteiger partial charge in [-0.25, -0.2) is 8.78 Å². The zero-order chi connectivity index (χ0) is 18.0. The minimum atomic E-state index is -0.531. The predicted molar refractivity (Wildman–Crippen MR) is 90.1 cm³/mol. The van der Waals surface area contributed by atoms with Crippen LogP contribution in [-0.4, -0.2) is 39.7 Å². The second kappa shape index (κ2) is 7.31. The number of benzene rings is 1. The van der Waals surface area contributed by atoms with Crippen molar-refractivity contribution in [3.05, 3.63) is 52.9 Å². The fraction of sp³-hybridized carbons (Fsp3) is 0.444. The van der Waals surface area contributed by atoms with Crippen LogP contribution in [0.1, 0.15) is 34.6 Å². The molecule has 134 valence electrons. The summed E-state index contributed by atoms with van der Waals surface area (Å²) in [6.45, 7) is 3.36. The number of carbonyl (C=O) groups excluding carboxylic acids is 1. The van der Waals surface area contributed by atoms with E-state index in [-0.39, 0.29) is 24.1 Å². The minimum Gasteiger partial charge on any atom is -0.347 e. The van der Waals surface area contributed by atoms with Gasteiger partial charge in [-0.3, -0.25) is 14.4 Å². The molecule has 1 saturated heterocycles. The van der Waals surface area contributed by atoms with Crippen LogP contribution in [0.15, 0.2) is 24.3 Å². The first-order valence-electron chi connectivity index (χ1n) is 8.41. The number of halogens is 2. The van der Waals surface area contributed by atoms with Crippen molar-refractivity contribution in [2.24, 2.45) is 7.05 Å². The molecular formula is C18H22F2N4O. The van der Waals surface area contributed by atoms with Gasteiger partial charge in [0.2, 0.25) is 0 Å². The van der Waals surface area contributed by atoms with Gasteiger partial charge < -0.3 is 5.32 Å². The highest BCUT2D eigenvalue weighted by atomic mass is 19.1. The number of hydrogen-bond donors (Lipinski definition) is 1. The molecule has 1 atom stereocenters. The summed E-state index contributed by atoms with van der Waals surface area (Å²) in [6.07, 6.45) is 1.71. The summed E-state index contributed by atoms with van der Waals surface area (Å²) in [5.41, 5.74) is 1.37. The van der Waals surface area contributed by atoms with Crippen LogP contribution in [0.2, 0.25) is 0 Å². The van der Waals surface area contributed by atoms with E-state index in [9.17, 15) is 13.6 Å². The van der Waals surface area contributed by atoms with E-state index in [1.807, 2.05) is 11.8 Å². The van der Waals surface area contributed by atoms with E-state index in [4.69, 9.17) is 0 Å². The Kier molecular flexibility index (Phi) is 5.13. The highest BCUT2D eigenvalue weighted by Gasteiger charge is 2.24. The summed E-state index contributed by atoms with van der Waals surface area (Å²) in [7, 11) is 1.73. The van der Waals surface area contributed by atoms with Gasteiger partial charge in [-0.15, -0.1) is 0 Å². The molecule has 25 heavy (non-hydrogen) atoms. The molecule has 2 aromatic rings. The van der Waals surface area contributed by atoms with Gasteiger partial charge in [0.25, 0.3) is 5.91 Å². The Morgan fingerprint density at radius 2 is 2.08 bits per heavy atom. The maximum absolute atomic E-state index is 13.8. The van der Waals surface area contributed by atoms with Crippen LogP contribution in [0.3, 0.4) is 0 Å². The lowest BCUT2D eigenvalue weighted by Crippen LogP contribution is -2.47. The average molecular weight is 348 g/mol. The lowest BCUT2D eigenvalue weighted by Gasteiger charge is -2.33. The van der Waals surface area contributed by atoms with Crippen molar-refractivity contribution in [2.75, 3.05) is 13.1 Å². The average Bonchev–Trinajstić information content (AvgIpc) is 2.90. The monoisotopic (exact) mass is 348 g/mol. The van der Waals surface area contributed by atoms with Crippen LogP contribution in [0.5, 0.6) is 0 Å². The Morgan fingerprint density at radius 3 is 2.72 bits per heavy atom. The number of amides is 1. The van der Waals surface area contributed by atoms with Crippen molar-refractivity contribution >= 4 is 5.91 Å². The second-order valence-corrected chi connectivity index (χ2v) is 6.54. The van der Waals surface area contributed by atoms with Crippen molar-refractivity contribution in [2.45, 2.75) is 32.4 Å². The van der Waals surface area contributed by atoms with Crippen LogP contribution < -0.4 is 5.32 Å². The molecule has 1 N–H and O–H groups in total. The molecule has 2 heterocycles. The van der Waals surface area contributed by atoms with Gasteiger partial charge in [0, 0.05) is 31.7 Å². The van der Waals surface area contributed by atoms with Crippen molar-refractivity contribution < 1.29 is 13.6 Å². The van der Waals surface area contributed by atoms with Crippen molar-refractivity contribution in [3.63, 3.8) is 0 Å². The van der Waals surface area contributed by atoms with Gasteiger partial charge in [-0.2, -0.15) is 5.10 Å². The molecule has 5 nitrogen and oxygen atoms in total. The van der Waals surface area contributed by atoms with Crippen LogP contribution in [-0.2, 0) is 13.6 Å². The van der Waals surface area contributed by atoms with Crippen LogP contribution in [0.4, 0.5) is 8.78 Å². The van der Waals surface area contributed by atoms with Crippen molar-refractivity contribution in [1.82, 2.24) is 20.0 Å². The number of carbonyl (C=O) groups is 1. The highest BCUT2D eigenvalue weighted by Crippen LogP contribution is 2.18. The Hall–Kier alpha value is -2.28. The molecule has 0 aliphatic carbocycles. The number of piperidine rings is 1. The molecule has 1 amide bonds. The number of nitrogens with one attached hydrogen (secondary N) is 1. The first kappa shape index (κ1) is 17.5. The van der Waals surface area contributed by atoms with Gasteiger partial charge in [-0.05, 0) is 44.5 Å². The summed E-state index contributed by atoms with van der Waals surface area (Å²) in [4.78, 5) is 14.4. The third-order valence-corrected chi connectivity index (χ3v) is 4.52. The molecule has 1 aliphatic rings. The topological polar surface area (TPSA) is 50.2 Å². The summed E-state index contributed by atoms with van der Waals surface area (Å²) in [5, 5.41) is 7.18. The number of aryl methyl sites for hydroxylation is 2. The molecular weight excluding hydrogens is 326 g/mol. The van der Waals surface area contributed by atoms with Crippen LogP contribution >= 0.6 is 0 Å². The number of likely N-dealkylation sites (tertiary alicyclic amines) is 1. The molecule has 1 unspecified atom stereocenters. The summed E-state index contributed by atoms with van der Waals surface area (Å²) >= 11 is 0. The summed E-state index contributed by atoms with van der Waals surface area (Å²) in [6, 6.07) is 5.60. The predicted octanol–water partition coefficient (Wildman–Crippen LogP) is 2.40. The maximum Gasteiger partial charge on any atom is 0.269 e.